The third kappa shape index (κ3) is 3.73. The smallest absolute Gasteiger partial charge is 0.255 e. The topological polar surface area (TPSA) is 46.3 Å². The van der Waals surface area contributed by atoms with E-state index in [-0.39, 0.29) is 11.9 Å². The van der Waals surface area contributed by atoms with Crippen molar-refractivity contribution in [3.05, 3.63) is 28.2 Å². The minimum atomic E-state index is 0.00215. The van der Waals surface area contributed by atoms with Gasteiger partial charge in [0, 0.05) is 23.2 Å². The molecule has 0 aliphatic heterocycles. The molecule has 4 heteroatoms. The predicted octanol–water partition coefficient (Wildman–Crippen LogP) is 3.54. The van der Waals surface area contributed by atoms with Crippen LogP contribution in [-0.2, 0) is 0 Å². The number of halogens is 1. The number of amides is 1. The van der Waals surface area contributed by atoms with Crippen molar-refractivity contribution in [2.45, 2.75) is 33.2 Å². The summed E-state index contributed by atoms with van der Waals surface area (Å²) in [5.74, 6) is 0.571. The first-order valence-electron chi connectivity index (χ1n) is 6.15. The van der Waals surface area contributed by atoms with E-state index in [2.05, 4.69) is 36.7 Å². The van der Waals surface area contributed by atoms with Gasteiger partial charge in [0.2, 0.25) is 0 Å². The van der Waals surface area contributed by atoms with E-state index in [9.17, 15) is 4.79 Å². The highest BCUT2D eigenvalue weighted by molar-refractivity contribution is 9.10. The van der Waals surface area contributed by atoms with Gasteiger partial charge in [-0.05, 0) is 53.4 Å². The Morgan fingerprint density at radius 3 is 2.56 bits per heavy atom. The first kappa shape index (κ1) is 15.0. The number of nitrogens with two attached hydrogens (primary N) is 1. The van der Waals surface area contributed by atoms with Crippen molar-refractivity contribution < 1.29 is 4.79 Å². The van der Waals surface area contributed by atoms with Crippen molar-refractivity contribution in [1.29, 1.82) is 0 Å². The van der Waals surface area contributed by atoms with E-state index in [1.807, 2.05) is 13.1 Å². The van der Waals surface area contributed by atoms with E-state index in [0.29, 0.717) is 17.2 Å². The lowest BCUT2D eigenvalue weighted by Gasteiger charge is -2.26. The maximum Gasteiger partial charge on any atom is 0.255 e. The van der Waals surface area contributed by atoms with Gasteiger partial charge in [-0.1, -0.05) is 13.8 Å². The van der Waals surface area contributed by atoms with E-state index in [4.69, 9.17) is 5.73 Å². The number of hydrogen-bond donors (Lipinski definition) is 1. The molecule has 0 heterocycles. The number of carbonyl (C=O) groups is 1. The molecular formula is C14H21BrN2O. The predicted molar refractivity (Wildman–Crippen MR) is 79.6 cm³/mol. The van der Waals surface area contributed by atoms with Crippen LogP contribution in [0.4, 0.5) is 5.69 Å². The molecule has 0 aliphatic carbocycles. The van der Waals surface area contributed by atoms with Crippen LogP contribution < -0.4 is 5.73 Å². The van der Waals surface area contributed by atoms with E-state index < -0.39 is 0 Å². The van der Waals surface area contributed by atoms with Crippen LogP contribution in [0, 0.1) is 5.92 Å². The number of rotatable bonds is 4. The van der Waals surface area contributed by atoms with Crippen LogP contribution in [0.25, 0.3) is 0 Å². The summed E-state index contributed by atoms with van der Waals surface area (Å²) >= 11 is 3.40. The van der Waals surface area contributed by atoms with Gasteiger partial charge in [-0.3, -0.25) is 4.79 Å². The van der Waals surface area contributed by atoms with Gasteiger partial charge >= 0.3 is 0 Å². The van der Waals surface area contributed by atoms with Crippen LogP contribution in [0.3, 0.4) is 0 Å². The van der Waals surface area contributed by atoms with Crippen LogP contribution in [0.1, 0.15) is 37.6 Å². The summed E-state index contributed by atoms with van der Waals surface area (Å²) in [6, 6.07) is 5.51. The van der Waals surface area contributed by atoms with Crippen molar-refractivity contribution in [3.8, 4) is 0 Å². The monoisotopic (exact) mass is 312 g/mol. The van der Waals surface area contributed by atoms with Gasteiger partial charge in [-0.2, -0.15) is 0 Å². The van der Waals surface area contributed by atoms with Gasteiger partial charge < -0.3 is 10.6 Å². The molecular weight excluding hydrogens is 292 g/mol. The minimum absolute atomic E-state index is 0.00215. The molecule has 0 bridgehead atoms. The molecule has 0 radical (unpaired) electrons. The van der Waals surface area contributed by atoms with Crippen molar-refractivity contribution in [2.24, 2.45) is 5.92 Å². The zero-order chi connectivity index (χ0) is 13.9. The van der Waals surface area contributed by atoms with Crippen molar-refractivity contribution >= 4 is 27.5 Å². The number of hydrogen-bond acceptors (Lipinski definition) is 2. The third-order valence-electron chi connectivity index (χ3n) is 3.01. The summed E-state index contributed by atoms with van der Waals surface area (Å²) in [6.45, 7) is 6.38. The molecule has 1 unspecified atom stereocenters. The minimum Gasteiger partial charge on any atom is -0.399 e. The Morgan fingerprint density at radius 2 is 2.00 bits per heavy atom. The highest BCUT2D eigenvalue weighted by Crippen LogP contribution is 2.22. The van der Waals surface area contributed by atoms with Gasteiger partial charge in [0.1, 0.15) is 0 Å². The van der Waals surface area contributed by atoms with Crippen molar-refractivity contribution in [3.63, 3.8) is 0 Å². The van der Waals surface area contributed by atoms with Crippen molar-refractivity contribution in [1.82, 2.24) is 4.90 Å². The molecule has 0 saturated heterocycles. The summed E-state index contributed by atoms with van der Waals surface area (Å²) in [5.41, 5.74) is 6.95. The summed E-state index contributed by atoms with van der Waals surface area (Å²) in [7, 11) is 1.84. The Balaban J connectivity index is 2.89. The normalized spacial score (nSPS) is 12.6. The fourth-order valence-corrected chi connectivity index (χ4v) is 2.35. The second kappa shape index (κ2) is 6.23. The average molecular weight is 313 g/mol. The van der Waals surface area contributed by atoms with Crippen LogP contribution in [0.15, 0.2) is 22.7 Å². The molecule has 0 fully saturated rings. The molecule has 100 valence electrons. The fourth-order valence-electron chi connectivity index (χ4n) is 1.94. The maximum absolute atomic E-state index is 12.4. The number of carbonyl (C=O) groups excluding carboxylic acids is 1. The van der Waals surface area contributed by atoms with Crippen molar-refractivity contribution in [2.75, 3.05) is 12.8 Å². The summed E-state index contributed by atoms with van der Waals surface area (Å²) in [4.78, 5) is 14.2. The fraction of sp³-hybridized carbons (Fsp3) is 0.500. The first-order chi connectivity index (χ1) is 8.32. The first-order valence-corrected chi connectivity index (χ1v) is 6.94. The Bertz CT molecular complexity index is 432. The Kier molecular flexibility index (Phi) is 5.20. The van der Waals surface area contributed by atoms with Crippen LogP contribution in [-0.4, -0.2) is 23.9 Å². The lowest BCUT2D eigenvalue weighted by Crippen LogP contribution is -2.36. The zero-order valence-electron chi connectivity index (χ0n) is 11.4. The molecule has 0 aliphatic rings. The number of nitrogen functional groups attached to an aromatic ring is 1. The summed E-state index contributed by atoms with van der Waals surface area (Å²) < 4.78 is 0.783. The second-order valence-corrected chi connectivity index (χ2v) is 5.99. The molecule has 0 saturated carbocycles. The molecule has 1 aromatic rings. The SMILES string of the molecule is CC(C)CC(C)N(C)C(=O)c1cc(N)ccc1Br. The van der Waals surface area contributed by atoms with E-state index >= 15 is 0 Å². The van der Waals surface area contributed by atoms with Crippen LogP contribution >= 0.6 is 15.9 Å². The molecule has 1 amide bonds. The van der Waals surface area contributed by atoms with Gasteiger partial charge in [0.05, 0.1) is 5.56 Å². The molecule has 1 rings (SSSR count). The number of anilines is 1. The van der Waals surface area contributed by atoms with Crippen LogP contribution in [0.2, 0.25) is 0 Å². The molecule has 1 atom stereocenters. The second-order valence-electron chi connectivity index (χ2n) is 5.13. The lowest BCUT2D eigenvalue weighted by atomic mass is 10.0. The summed E-state index contributed by atoms with van der Waals surface area (Å²) in [5, 5.41) is 0. The quantitative estimate of drug-likeness (QED) is 0.864. The zero-order valence-corrected chi connectivity index (χ0v) is 13.0. The van der Waals surface area contributed by atoms with Gasteiger partial charge in [-0.25, -0.2) is 0 Å². The van der Waals surface area contributed by atoms with E-state index in [1.54, 1.807) is 17.0 Å². The standard InChI is InChI=1S/C14H21BrN2O/c1-9(2)7-10(3)17(4)14(18)12-8-11(16)5-6-13(12)15/h5-6,8-10H,7,16H2,1-4H3. The molecule has 2 N–H and O–H groups in total. The largest absolute Gasteiger partial charge is 0.399 e. The van der Waals surface area contributed by atoms with E-state index in [1.165, 1.54) is 0 Å². The molecule has 1 aromatic carbocycles. The molecule has 0 aromatic heterocycles. The molecule has 18 heavy (non-hydrogen) atoms. The number of benzene rings is 1. The van der Waals surface area contributed by atoms with Gasteiger partial charge in [0.15, 0.2) is 0 Å². The summed E-state index contributed by atoms with van der Waals surface area (Å²) in [6.07, 6.45) is 0.988. The highest BCUT2D eigenvalue weighted by Gasteiger charge is 2.20. The lowest BCUT2D eigenvalue weighted by molar-refractivity contribution is 0.0727. The maximum atomic E-state index is 12.4. The van der Waals surface area contributed by atoms with Crippen LogP contribution in [0.5, 0.6) is 0 Å². The van der Waals surface area contributed by atoms with Gasteiger partial charge in [0.25, 0.3) is 5.91 Å². The van der Waals surface area contributed by atoms with Gasteiger partial charge in [-0.15, -0.1) is 0 Å². The Morgan fingerprint density at radius 1 is 1.39 bits per heavy atom. The Hall–Kier alpha value is -1.03. The molecule has 3 nitrogen and oxygen atoms in total. The number of nitrogens with zero attached hydrogens (tertiary/aromatic N) is 1. The Labute approximate surface area is 117 Å². The third-order valence-corrected chi connectivity index (χ3v) is 3.71. The average Bonchev–Trinajstić information content (AvgIpc) is 2.29. The molecule has 0 spiro atoms. The highest BCUT2D eigenvalue weighted by atomic mass is 79.9. The van der Waals surface area contributed by atoms with E-state index in [0.717, 1.165) is 10.9 Å².